The molecule has 1 amide bonds. The van der Waals surface area contributed by atoms with Gasteiger partial charge in [-0.1, -0.05) is 0 Å². The van der Waals surface area contributed by atoms with Gasteiger partial charge in [-0.25, -0.2) is 0 Å². The molecule has 0 saturated carbocycles. The predicted octanol–water partition coefficient (Wildman–Crippen LogP) is 1.07. The minimum atomic E-state index is 0.332. The second kappa shape index (κ2) is 6.53. The summed E-state index contributed by atoms with van der Waals surface area (Å²) in [6.45, 7) is 5.85. The number of amides is 1. The van der Waals surface area contributed by atoms with Crippen LogP contribution < -0.4 is 5.32 Å². The fraction of sp³-hybridized carbons (Fsp3) is 0.929. The van der Waals surface area contributed by atoms with Crippen LogP contribution in [0.15, 0.2) is 0 Å². The lowest BCUT2D eigenvalue weighted by molar-refractivity contribution is -0.136. The topological polar surface area (TPSA) is 35.6 Å². The second-order valence-electron chi connectivity index (χ2n) is 5.79. The lowest BCUT2D eigenvalue weighted by atomic mass is 10.0. The molecule has 2 fully saturated rings. The Balaban J connectivity index is 1.82. The molecule has 104 valence electrons. The molecule has 0 aromatic rings. The Labute approximate surface area is 111 Å². The summed E-state index contributed by atoms with van der Waals surface area (Å²) in [7, 11) is 2.02. The zero-order chi connectivity index (χ0) is 13.0. The highest BCUT2D eigenvalue weighted by molar-refractivity contribution is 5.78. The quantitative estimate of drug-likeness (QED) is 0.817. The number of nitrogens with zero attached hydrogens (tertiary/aromatic N) is 2. The molecule has 2 saturated heterocycles. The van der Waals surface area contributed by atoms with Gasteiger partial charge in [-0.3, -0.25) is 9.69 Å². The van der Waals surface area contributed by atoms with Crippen molar-refractivity contribution < 1.29 is 4.79 Å². The van der Waals surface area contributed by atoms with Gasteiger partial charge in [0, 0.05) is 25.2 Å². The average molecular weight is 253 g/mol. The number of likely N-dealkylation sites (N-methyl/N-ethyl adjacent to an activating group) is 1. The fourth-order valence-corrected chi connectivity index (χ4v) is 3.19. The molecular formula is C14H27N3O. The first kappa shape index (κ1) is 13.8. The maximum absolute atomic E-state index is 12.3. The summed E-state index contributed by atoms with van der Waals surface area (Å²) in [5.74, 6) is 0.332. The van der Waals surface area contributed by atoms with E-state index < -0.39 is 0 Å². The first-order valence-corrected chi connectivity index (χ1v) is 7.40. The third kappa shape index (κ3) is 3.45. The molecule has 18 heavy (non-hydrogen) atoms. The van der Waals surface area contributed by atoms with Gasteiger partial charge in [-0.05, 0) is 52.6 Å². The summed E-state index contributed by atoms with van der Waals surface area (Å²) >= 11 is 0. The minimum absolute atomic E-state index is 0.332. The number of carbonyl (C=O) groups excluding carboxylic acids is 1. The molecule has 4 heteroatoms. The van der Waals surface area contributed by atoms with Crippen molar-refractivity contribution in [1.82, 2.24) is 15.1 Å². The van der Waals surface area contributed by atoms with Crippen molar-refractivity contribution in [2.45, 2.75) is 51.1 Å². The molecule has 4 nitrogen and oxygen atoms in total. The molecular weight excluding hydrogens is 226 g/mol. The van der Waals surface area contributed by atoms with Crippen LogP contribution >= 0.6 is 0 Å². The Morgan fingerprint density at radius 1 is 1.22 bits per heavy atom. The monoisotopic (exact) mass is 253 g/mol. The van der Waals surface area contributed by atoms with Gasteiger partial charge in [-0.15, -0.1) is 0 Å². The van der Waals surface area contributed by atoms with E-state index in [0.29, 0.717) is 24.5 Å². The number of rotatable bonds is 3. The Bertz CT molecular complexity index is 282. The van der Waals surface area contributed by atoms with Crippen LogP contribution in [0.2, 0.25) is 0 Å². The molecule has 2 rings (SSSR count). The molecule has 2 aliphatic rings. The van der Waals surface area contributed by atoms with Gasteiger partial charge in [0.1, 0.15) is 0 Å². The van der Waals surface area contributed by atoms with Crippen LogP contribution in [0.3, 0.4) is 0 Å². The largest absolute Gasteiger partial charge is 0.339 e. The van der Waals surface area contributed by atoms with E-state index >= 15 is 0 Å². The number of hydrogen-bond acceptors (Lipinski definition) is 3. The normalized spacial score (nSPS) is 30.4. The average Bonchev–Trinajstić information content (AvgIpc) is 2.39. The lowest BCUT2D eigenvalue weighted by Crippen LogP contribution is -2.51. The van der Waals surface area contributed by atoms with E-state index in [1.165, 1.54) is 32.1 Å². The number of hydrogen-bond donors (Lipinski definition) is 1. The van der Waals surface area contributed by atoms with Crippen LogP contribution in [0, 0.1) is 0 Å². The Morgan fingerprint density at radius 2 is 2.06 bits per heavy atom. The van der Waals surface area contributed by atoms with Gasteiger partial charge in [0.2, 0.25) is 5.91 Å². The first-order valence-electron chi connectivity index (χ1n) is 7.40. The maximum atomic E-state index is 12.3. The predicted molar refractivity (Wildman–Crippen MR) is 73.5 cm³/mol. The van der Waals surface area contributed by atoms with Crippen molar-refractivity contribution in [1.29, 1.82) is 0 Å². The van der Waals surface area contributed by atoms with Crippen molar-refractivity contribution in [3.63, 3.8) is 0 Å². The van der Waals surface area contributed by atoms with E-state index in [9.17, 15) is 4.79 Å². The Kier molecular flexibility index (Phi) is 5.01. The summed E-state index contributed by atoms with van der Waals surface area (Å²) in [5, 5.41) is 3.33. The second-order valence-corrected chi connectivity index (χ2v) is 5.79. The Hall–Kier alpha value is -0.610. The standard InChI is InChI=1S/C14H27N3O/c1-12-6-3-4-9-17(12)14(18)11-16-8-5-7-13(10-16)15-2/h12-13,15H,3-11H2,1-2H3. The number of nitrogens with one attached hydrogen (secondary N) is 1. The van der Waals surface area contributed by atoms with Crippen LogP contribution in [0.1, 0.15) is 39.0 Å². The van der Waals surface area contributed by atoms with Gasteiger partial charge >= 0.3 is 0 Å². The molecule has 2 atom stereocenters. The van der Waals surface area contributed by atoms with Gasteiger partial charge < -0.3 is 10.2 Å². The molecule has 2 aliphatic heterocycles. The molecule has 0 aromatic carbocycles. The van der Waals surface area contributed by atoms with Crippen molar-refractivity contribution in [2.24, 2.45) is 0 Å². The van der Waals surface area contributed by atoms with Crippen LogP contribution in [0.4, 0.5) is 0 Å². The first-order chi connectivity index (χ1) is 8.70. The summed E-state index contributed by atoms with van der Waals surface area (Å²) in [6, 6.07) is 1.00. The fourth-order valence-electron chi connectivity index (χ4n) is 3.19. The van der Waals surface area contributed by atoms with E-state index in [2.05, 4.69) is 22.0 Å². The highest BCUT2D eigenvalue weighted by atomic mass is 16.2. The molecule has 0 aliphatic carbocycles. The number of likely N-dealkylation sites (tertiary alicyclic amines) is 2. The van der Waals surface area contributed by atoms with E-state index in [1.54, 1.807) is 0 Å². The van der Waals surface area contributed by atoms with Crippen LogP contribution in [0.5, 0.6) is 0 Å². The maximum Gasteiger partial charge on any atom is 0.236 e. The third-order valence-corrected chi connectivity index (χ3v) is 4.40. The number of carbonyl (C=O) groups is 1. The van der Waals surface area contributed by atoms with E-state index in [-0.39, 0.29) is 0 Å². The van der Waals surface area contributed by atoms with E-state index in [1.807, 2.05) is 7.05 Å². The minimum Gasteiger partial charge on any atom is -0.339 e. The zero-order valence-corrected chi connectivity index (χ0v) is 11.8. The summed E-state index contributed by atoms with van der Waals surface area (Å²) in [5.41, 5.74) is 0. The van der Waals surface area contributed by atoms with Crippen molar-refractivity contribution in [3.8, 4) is 0 Å². The Morgan fingerprint density at radius 3 is 2.78 bits per heavy atom. The molecule has 0 aromatic heterocycles. The van der Waals surface area contributed by atoms with Crippen molar-refractivity contribution in [2.75, 3.05) is 33.2 Å². The summed E-state index contributed by atoms with van der Waals surface area (Å²) in [6.07, 6.45) is 6.06. The SMILES string of the molecule is CNC1CCCN(CC(=O)N2CCCCC2C)C1. The van der Waals surface area contributed by atoms with E-state index in [4.69, 9.17) is 0 Å². The van der Waals surface area contributed by atoms with Gasteiger partial charge in [0.25, 0.3) is 0 Å². The van der Waals surface area contributed by atoms with Crippen LogP contribution in [-0.2, 0) is 4.79 Å². The molecule has 0 bridgehead atoms. The zero-order valence-electron chi connectivity index (χ0n) is 11.8. The number of piperidine rings is 2. The molecule has 2 heterocycles. The van der Waals surface area contributed by atoms with Gasteiger partial charge in [0.05, 0.1) is 6.54 Å². The van der Waals surface area contributed by atoms with Crippen molar-refractivity contribution in [3.05, 3.63) is 0 Å². The molecule has 1 N–H and O–H groups in total. The molecule has 0 radical (unpaired) electrons. The summed E-state index contributed by atoms with van der Waals surface area (Å²) in [4.78, 5) is 16.7. The van der Waals surface area contributed by atoms with Crippen molar-refractivity contribution >= 4 is 5.91 Å². The van der Waals surface area contributed by atoms with E-state index in [0.717, 1.165) is 19.6 Å². The lowest BCUT2D eigenvalue weighted by Gasteiger charge is -2.37. The van der Waals surface area contributed by atoms with Gasteiger partial charge in [0.15, 0.2) is 0 Å². The van der Waals surface area contributed by atoms with Crippen LogP contribution in [-0.4, -0.2) is 61.0 Å². The third-order valence-electron chi connectivity index (χ3n) is 4.40. The highest BCUT2D eigenvalue weighted by Crippen LogP contribution is 2.17. The highest BCUT2D eigenvalue weighted by Gasteiger charge is 2.26. The van der Waals surface area contributed by atoms with Crippen LogP contribution in [0.25, 0.3) is 0 Å². The summed E-state index contributed by atoms with van der Waals surface area (Å²) < 4.78 is 0. The smallest absolute Gasteiger partial charge is 0.236 e. The molecule has 0 spiro atoms. The molecule has 2 unspecified atom stereocenters. The van der Waals surface area contributed by atoms with Gasteiger partial charge in [-0.2, -0.15) is 0 Å².